The van der Waals surface area contributed by atoms with Crippen molar-refractivity contribution >= 4 is 36.3 Å². The first-order chi connectivity index (χ1) is 10.8. The fourth-order valence-electron chi connectivity index (χ4n) is 2.34. The van der Waals surface area contributed by atoms with Crippen molar-refractivity contribution in [3.05, 3.63) is 0 Å². The molecule has 130 valence electrons. The second kappa shape index (κ2) is 8.73. The van der Waals surface area contributed by atoms with E-state index in [-0.39, 0.29) is 12.3 Å². The van der Waals surface area contributed by atoms with Crippen molar-refractivity contribution in [3.8, 4) is 0 Å². The fourth-order valence-corrected chi connectivity index (χ4v) is 2.58. The van der Waals surface area contributed by atoms with Crippen molar-refractivity contribution < 1.29 is 24.3 Å². The summed E-state index contributed by atoms with van der Waals surface area (Å²) in [7, 11) is 0. The van der Waals surface area contributed by atoms with E-state index in [2.05, 4.69) is 23.3 Å². The summed E-state index contributed by atoms with van der Waals surface area (Å²) < 4.78 is 0. The van der Waals surface area contributed by atoms with Crippen LogP contribution in [0.1, 0.15) is 19.8 Å². The highest BCUT2D eigenvalue weighted by Gasteiger charge is 2.37. The Balaban J connectivity index is 2.68. The molecule has 3 amide bonds. The highest BCUT2D eigenvalue weighted by atomic mass is 32.1. The molecule has 3 unspecified atom stereocenters. The second-order valence-corrected chi connectivity index (χ2v) is 5.63. The maximum atomic E-state index is 12.4. The Morgan fingerprint density at radius 1 is 1.35 bits per heavy atom. The van der Waals surface area contributed by atoms with Gasteiger partial charge in [0.1, 0.15) is 18.1 Å². The van der Waals surface area contributed by atoms with Gasteiger partial charge in [0.15, 0.2) is 0 Å². The number of carbonyl (C=O) groups excluding carboxylic acids is 3. The molecule has 0 aromatic carbocycles. The third-order valence-electron chi connectivity index (χ3n) is 3.57. The Morgan fingerprint density at radius 3 is 2.52 bits per heavy atom. The Kier molecular flexibility index (Phi) is 7.30. The van der Waals surface area contributed by atoms with Crippen LogP contribution in [-0.2, 0) is 19.2 Å². The molecular formula is C13H22N4O5S. The van der Waals surface area contributed by atoms with Gasteiger partial charge in [-0.1, -0.05) is 0 Å². The number of likely N-dealkylation sites (tertiary alicyclic amines) is 1. The van der Waals surface area contributed by atoms with Gasteiger partial charge in [-0.25, -0.2) is 4.79 Å². The van der Waals surface area contributed by atoms with E-state index in [0.717, 1.165) is 0 Å². The van der Waals surface area contributed by atoms with Crippen LogP contribution in [0.3, 0.4) is 0 Å². The van der Waals surface area contributed by atoms with Gasteiger partial charge < -0.3 is 26.4 Å². The Morgan fingerprint density at radius 2 is 2.00 bits per heavy atom. The molecule has 1 aliphatic rings. The normalized spacial score (nSPS) is 19.8. The van der Waals surface area contributed by atoms with E-state index in [1.807, 2.05) is 0 Å². The first kappa shape index (κ1) is 19.2. The minimum atomic E-state index is -1.07. The van der Waals surface area contributed by atoms with Crippen molar-refractivity contribution in [1.82, 2.24) is 15.5 Å². The minimum Gasteiger partial charge on any atom is -0.480 e. The van der Waals surface area contributed by atoms with Gasteiger partial charge in [0.2, 0.25) is 17.7 Å². The van der Waals surface area contributed by atoms with Crippen LogP contribution in [0.4, 0.5) is 0 Å². The summed E-state index contributed by atoms with van der Waals surface area (Å²) in [6.45, 7) is 1.54. The summed E-state index contributed by atoms with van der Waals surface area (Å²) >= 11 is 4.04. The minimum absolute atomic E-state index is 0.0188. The third-order valence-corrected chi connectivity index (χ3v) is 3.94. The number of carboxylic acid groups (broad SMARTS) is 1. The summed E-state index contributed by atoms with van der Waals surface area (Å²) in [4.78, 5) is 48.0. The van der Waals surface area contributed by atoms with E-state index >= 15 is 0 Å². The number of hydrogen-bond acceptors (Lipinski definition) is 6. The zero-order chi connectivity index (χ0) is 17.6. The van der Waals surface area contributed by atoms with E-state index in [4.69, 9.17) is 10.8 Å². The molecule has 1 rings (SSSR count). The average molecular weight is 346 g/mol. The predicted molar refractivity (Wildman–Crippen MR) is 84.8 cm³/mol. The number of nitrogens with one attached hydrogen (secondary N) is 2. The summed E-state index contributed by atoms with van der Waals surface area (Å²) in [5.74, 6) is -2.60. The van der Waals surface area contributed by atoms with E-state index < -0.39 is 41.8 Å². The summed E-state index contributed by atoms with van der Waals surface area (Å²) in [6, 6.07) is -2.70. The SMILES string of the molecule is CC(NC(=O)CN)C(=O)NC(CS)C(=O)N1CCCC1C(=O)O. The quantitative estimate of drug-likeness (QED) is 0.336. The topological polar surface area (TPSA) is 142 Å². The lowest BCUT2D eigenvalue weighted by Gasteiger charge is -2.27. The third kappa shape index (κ3) is 5.10. The van der Waals surface area contributed by atoms with Gasteiger partial charge in [0, 0.05) is 12.3 Å². The number of thiol groups is 1. The molecule has 1 heterocycles. The van der Waals surface area contributed by atoms with Crippen LogP contribution in [0.25, 0.3) is 0 Å². The summed E-state index contributed by atoms with van der Waals surface area (Å²) in [6.07, 6.45) is 0.982. The van der Waals surface area contributed by atoms with Gasteiger partial charge in [-0.2, -0.15) is 12.6 Å². The molecule has 0 aromatic heterocycles. The molecule has 0 saturated carbocycles. The predicted octanol–water partition coefficient (Wildman–Crippen LogP) is -2.06. The number of rotatable bonds is 7. The van der Waals surface area contributed by atoms with Crippen molar-refractivity contribution in [1.29, 1.82) is 0 Å². The standard InChI is InChI=1S/C13H22N4O5S/c1-7(15-10(18)5-14)11(19)16-8(6-23)12(20)17-4-2-3-9(17)13(21)22/h7-9,23H,2-6,14H2,1H3,(H,15,18)(H,16,19)(H,21,22). The highest BCUT2D eigenvalue weighted by Crippen LogP contribution is 2.18. The molecule has 9 nitrogen and oxygen atoms in total. The Bertz CT molecular complexity index is 487. The van der Waals surface area contributed by atoms with Crippen molar-refractivity contribution in [2.45, 2.75) is 37.9 Å². The van der Waals surface area contributed by atoms with Crippen LogP contribution in [0.15, 0.2) is 0 Å². The number of nitrogens with zero attached hydrogens (tertiary/aromatic N) is 1. The zero-order valence-corrected chi connectivity index (χ0v) is 13.7. The molecule has 0 bridgehead atoms. The zero-order valence-electron chi connectivity index (χ0n) is 12.8. The first-order valence-corrected chi connectivity index (χ1v) is 7.89. The lowest BCUT2D eigenvalue weighted by atomic mass is 10.2. The van der Waals surface area contributed by atoms with Crippen LogP contribution in [0.2, 0.25) is 0 Å². The first-order valence-electron chi connectivity index (χ1n) is 7.25. The van der Waals surface area contributed by atoms with Crippen LogP contribution in [0.5, 0.6) is 0 Å². The number of carbonyl (C=O) groups is 4. The molecule has 23 heavy (non-hydrogen) atoms. The molecule has 0 spiro atoms. The van der Waals surface area contributed by atoms with Gasteiger partial charge in [-0.15, -0.1) is 0 Å². The van der Waals surface area contributed by atoms with E-state index in [1.54, 1.807) is 0 Å². The largest absolute Gasteiger partial charge is 0.480 e. The molecule has 3 atom stereocenters. The Hall–Kier alpha value is -1.81. The van der Waals surface area contributed by atoms with Gasteiger partial charge in [0.05, 0.1) is 6.54 Å². The monoisotopic (exact) mass is 346 g/mol. The summed E-state index contributed by atoms with van der Waals surface area (Å²) in [5, 5.41) is 14.0. The molecule has 1 fully saturated rings. The molecule has 1 saturated heterocycles. The molecule has 0 aromatic rings. The van der Waals surface area contributed by atoms with Crippen LogP contribution >= 0.6 is 12.6 Å². The second-order valence-electron chi connectivity index (χ2n) is 5.26. The molecular weight excluding hydrogens is 324 g/mol. The van der Waals surface area contributed by atoms with Crippen LogP contribution in [-0.4, -0.2) is 70.7 Å². The molecule has 5 N–H and O–H groups in total. The number of hydrogen-bond donors (Lipinski definition) is 5. The van der Waals surface area contributed by atoms with Gasteiger partial charge in [0.25, 0.3) is 0 Å². The van der Waals surface area contributed by atoms with Gasteiger partial charge in [-0.05, 0) is 19.8 Å². The average Bonchev–Trinajstić information content (AvgIpc) is 3.01. The highest BCUT2D eigenvalue weighted by molar-refractivity contribution is 7.80. The van der Waals surface area contributed by atoms with Crippen LogP contribution < -0.4 is 16.4 Å². The number of amides is 3. The van der Waals surface area contributed by atoms with Gasteiger partial charge in [-0.3, -0.25) is 14.4 Å². The maximum Gasteiger partial charge on any atom is 0.326 e. The van der Waals surface area contributed by atoms with Crippen molar-refractivity contribution in [3.63, 3.8) is 0 Å². The fraction of sp³-hybridized carbons (Fsp3) is 0.692. The summed E-state index contributed by atoms with van der Waals surface area (Å²) in [5.41, 5.74) is 5.15. The molecule has 0 radical (unpaired) electrons. The number of aliphatic carboxylic acids is 1. The maximum absolute atomic E-state index is 12.4. The lowest BCUT2D eigenvalue weighted by Crippen LogP contribution is -2.56. The van der Waals surface area contributed by atoms with Crippen LogP contribution in [0, 0.1) is 0 Å². The van der Waals surface area contributed by atoms with E-state index in [0.29, 0.717) is 19.4 Å². The van der Waals surface area contributed by atoms with Crippen molar-refractivity contribution in [2.24, 2.45) is 5.73 Å². The van der Waals surface area contributed by atoms with Crippen molar-refractivity contribution in [2.75, 3.05) is 18.8 Å². The number of nitrogens with two attached hydrogens (primary N) is 1. The molecule has 1 aliphatic heterocycles. The van der Waals surface area contributed by atoms with Gasteiger partial charge >= 0.3 is 5.97 Å². The smallest absolute Gasteiger partial charge is 0.326 e. The van der Waals surface area contributed by atoms with E-state index in [1.165, 1.54) is 11.8 Å². The number of carboxylic acids is 1. The Labute approximate surface area is 139 Å². The molecule has 0 aliphatic carbocycles. The molecule has 10 heteroatoms. The lowest BCUT2D eigenvalue weighted by molar-refractivity contribution is -0.149. The van der Waals surface area contributed by atoms with E-state index in [9.17, 15) is 19.2 Å².